The summed E-state index contributed by atoms with van der Waals surface area (Å²) in [4.78, 5) is 13.9. The van der Waals surface area contributed by atoms with E-state index in [0.29, 0.717) is 38.4 Å². The Morgan fingerprint density at radius 2 is 2.35 bits per heavy atom. The van der Waals surface area contributed by atoms with Crippen LogP contribution in [0.25, 0.3) is 0 Å². The van der Waals surface area contributed by atoms with Gasteiger partial charge in [-0.2, -0.15) is 0 Å². The Morgan fingerprint density at radius 1 is 1.57 bits per heavy atom. The Bertz CT molecular complexity index is 504. The highest BCUT2D eigenvalue weighted by molar-refractivity contribution is 5.75. The number of alkyl halides is 1. The molecule has 0 bridgehead atoms. The molecule has 0 aromatic carbocycles. The Morgan fingerprint density at radius 3 is 3.00 bits per heavy atom. The van der Waals surface area contributed by atoms with E-state index in [9.17, 15) is 9.18 Å². The van der Waals surface area contributed by atoms with Crippen molar-refractivity contribution in [2.45, 2.75) is 65.2 Å². The number of rotatable bonds is 8. The van der Waals surface area contributed by atoms with Gasteiger partial charge in [0, 0.05) is 31.6 Å². The summed E-state index contributed by atoms with van der Waals surface area (Å²) in [5, 5.41) is 6.81. The van der Waals surface area contributed by atoms with Gasteiger partial charge < -0.3 is 9.84 Å². The van der Waals surface area contributed by atoms with Crippen LogP contribution < -0.4 is 5.32 Å². The van der Waals surface area contributed by atoms with E-state index in [1.165, 1.54) is 0 Å². The SMILES string of the molecule is Cc1cc(CN2C[C@@H](F)C[C@H]2CNC(=O)CCCC(C)C)on1. The van der Waals surface area contributed by atoms with E-state index in [1.807, 2.05) is 17.9 Å². The molecule has 0 unspecified atom stereocenters. The fourth-order valence-corrected chi connectivity index (χ4v) is 3.01. The van der Waals surface area contributed by atoms with Crippen LogP contribution >= 0.6 is 0 Å². The van der Waals surface area contributed by atoms with Crippen molar-refractivity contribution < 1.29 is 13.7 Å². The van der Waals surface area contributed by atoms with Crippen molar-refractivity contribution in [3.05, 3.63) is 17.5 Å². The second-order valence-electron chi connectivity index (χ2n) is 6.94. The molecule has 2 rings (SSSR count). The lowest BCUT2D eigenvalue weighted by Gasteiger charge is -2.23. The van der Waals surface area contributed by atoms with Crippen molar-refractivity contribution in [1.29, 1.82) is 0 Å². The van der Waals surface area contributed by atoms with Gasteiger partial charge >= 0.3 is 0 Å². The Balaban J connectivity index is 1.76. The fraction of sp³-hybridized carbons (Fsp3) is 0.765. The topological polar surface area (TPSA) is 58.4 Å². The number of aromatic nitrogens is 1. The zero-order chi connectivity index (χ0) is 16.8. The molecule has 130 valence electrons. The molecule has 0 aliphatic carbocycles. The molecular formula is C17H28FN3O2. The fourth-order valence-electron chi connectivity index (χ4n) is 3.01. The van der Waals surface area contributed by atoms with Gasteiger partial charge in [-0.1, -0.05) is 25.4 Å². The van der Waals surface area contributed by atoms with Gasteiger partial charge in [-0.3, -0.25) is 9.69 Å². The van der Waals surface area contributed by atoms with Gasteiger partial charge in [0.2, 0.25) is 5.91 Å². The van der Waals surface area contributed by atoms with E-state index in [2.05, 4.69) is 24.3 Å². The summed E-state index contributed by atoms with van der Waals surface area (Å²) in [6.07, 6.45) is 2.12. The van der Waals surface area contributed by atoms with Crippen molar-refractivity contribution in [2.75, 3.05) is 13.1 Å². The molecule has 1 aromatic rings. The van der Waals surface area contributed by atoms with Crippen molar-refractivity contribution in [2.24, 2.45) is 5.92 Å². The van der Waals surface area contributed by atoms with Crippen molar-refractivity contribution >= 4 is 5.91 Å². The molecule has 1 amide bonds. The molecule has 5 nitrogen and oxygen atoms in total. The van der Waals surface area contributed by atoms with Gasteiger partial charge in [0.15, 0.2) is 5.76 Å². The van der Waals surface area contributed by atoms with Gasteiger partial charge in [0.1, 0.15) is 6.17 Å². The molecule has 1 N–H and O–H groups in total. The van der Waals surface area contributed by atoms with Crippen LogP contribution in [0.15, 0.2) is 10.6 Å². The first kappa shape index (κ1) is 17.9. The van der Waals surface area contributed by atoms with Crippen molar-refractivity contribution in [3.63, 3.8) is 0 Å². The zero-order valence-corrected chi connectivity index (χ0v) is 14.3. The standard InChI is InChI=1S/C17H28FN3O2/c1-12(2)5-4-6-17(22)19-9-15-8-14(18)10-21(15)11-16-7-13(3)20-23-16/h7,12,14-15H,4-6,8-11H2,1-3H3,(H,19,22)/t14-,15-/m0/s1. The first-order valence-electron chi connectivity index (χ1n) is 8.51. The average Bonchev–Trinajstić information content (AvgIpc) is 3.02. The van der Waals surface area contributed by atoms with E-state index in [4.69, 9.17) is 4.52 Å². The van der Waals surface area contributed by atoms with Crippen molar-refractivity contribution in [3.8, 4) is 0 Å². The van der Waals surface area contributed by atoms with Crippen LogP contribution in [0.3, 0.4) is 0 Å². The lowest BCUT2D eigenvalue weighted by atomic mass is 10.1. The Kier molecular flexibility index (Phi) is 6.57. The molecule has 0 radical (unpaired) electrons. The van der Waals surface area contributed by atoms with Gasteiger partial charge in [0.05, 0.1) is 12.2 Å². The van der Waals surface area contributed by atoms with Crippen LogP contribution in [0.4, 0.5) is 4.39 Å². The molecule has 1 aliphatic rings. The second-order valence-corrected chi connectivity index (χ2v) is 6.94. The smallest absolute Gasteiger partial charge is 0.220 e. The maximum atomic E-state index is 13.7. The van der Waals surface area contributed by atoms with E-state index >= 15 is 0 Å². The maximum absolute atomic E-state index is 13.7. The summed E-state index contributed by atoms with van der Waals surface area (Å²) >= 11 is 0. The molecule has 1 aliphatic heterocycles. The largest absolute Gasteiger partial charge is 0.360 e. The lowest BCUT2D eigenvalue weighted by Crippen LogP contribution is -2.39. The molecule has 2 heterocycles. The first-order chi connectivity index (χ1) is 10.9. The predicted octanol–water partition coefficient (Wildman–Crippen LogP) is 2.84. The highest BCUT2D eigenvalue weighted by atomic mass is 19.1. The predicted molar refractivity (Wildman–Crippen MR) is 86.6 cm³/mol. The summed E-state index contributed by atoms with van der Waals surface area (Å²) in [5.74, 6) is 1.42. The highest BCUT2D eigenvalue weighted by Crippen LogP contribution is 2.22. The Labute approximate surface area is 137 Å². The normalized spacial score (nSPS) is 22.0. The van der Waals surface area contributed by atoms with Crippen LogP contribution in [0, 0.1) is 12.8 Å². The molecule has 23 heavy (non-hydrogen) atoms. The second kappa shape index (κ2) is 8.43. The third-order valence-corrected chi connectivity index (χ3v) is 4.23. The monoisotopic (exact) mass is 325 g/mol. The molecular weight excluding hydrogens is 297 g/mol. The minimum atomic E-state index is -0.845. The van der Waals surface area contributed by atoms with Crippen LogP contribution in [-0.4, -0.2) is 41.3 Å². The lowest BCUT2D eigenvalue weighted by molar-refractivity contribution is -0.121. The van der Waals surface area contributed by atoms with Gasteiger partial charge in [0.25, 0.3) is 0 Å². The third-order valence-electron chi connectivity index (χ3n) is 4.23. The van der Waals surface area contributed by atoms with Crippen LogP contribution in [-0.2, 0) is 11.3 Å². The minimum Gasteiger partial charge on any atom is -0.360 e. The number of carbonyl (C=O) groups is 1. The molecule has 1 saturated heterocycles. The molecule has 2 atom stereocenters. The summed E-state index contributed by atoms with van der Waals surface area (Å²) in [6, 6.07) is 1.89. The average molecular weight is 325 g/mol. The number of likely N-dealkylation sites (tertiary alicyclic amines) is 1. The quantitative estimate of drug-likeness (QED) is 0.798. The summed E-state index contributed by atoms with van der Waals surface area (Å²) in [5.41, 5.74) is 0.825. The number of nitrogens with one attached hydrogen (secondary N) is 1. The van der Waals surface area contributed by atoms with E-state index in [-0.39, 0.29) is 11.9 Å². The number of nitrogens with zero attached hydrogens (tertiary/aromatic N) is 2. The Hall–Kier alpha value is -1.43. The van der Waals surface area contributed by atoms with E-state index in [0.717, 1.165) is 24.3 Å². The number of aryl methyl sites for hydroxylation is 1. The zero-order valence-electron chi connectivity index (χ0n) is 14.3. The van der Waals surface area contributed by atoms with E-state index < -0.39 is 6.17 Å². The highest BCUT2D eigenvalue weighted by Gasteiger charge is 2.32. The number of hydrogen-bond acceptors (Lipinski definition) is 4. The van der Waals surface area contributed by atoms with Crippen molar-refractivity contribution in [1.82, 2.24) is 15.4 Å². The van der Waals surface area contributed by atoms with Crippen LogP contribution in [0.2, 0.25) is 0 Å². The molecule has 1 aromatic heterocycles. The molecule has 0 spiro atoms. The summed E-state index contributed by atoms with van der Waals surface area (Å²) in [7, 11) is 0. The van der Waals surface area contributed by atoms with Gasteiger partial charge in [-0.25, -0.2) is 4.39 Å². The maximum Gasteiger partial charge on any atom is 0.220 e. The molecule has 0 saturated carbocycles. The number of amides is 1. The molecule has 6 heteroatoms. The number of hydrogen-bond donors (Lipinski definition) is 1. The molecule has 1 fully saturated rings. The summed E-state index contributed by atoms with van der Waals surface area (Å²) < 4.78 is 19.0. The van der Waals surface area contributed by atoms with Gasteiger partial charge in [-0.05, 0) is 25.7 Å². The van der Waals surface area contributed by atoms with Gasteiger partial charge in [-0.15, -0.1) is 0 Å². The minimum absolute atomic E-state index is 0.0180. The number of carbonyl (C=O) groups excluding carboxylic acids is 1. The van der Waals surface area contributed by atoms with Crippen LogP contribution in [0.5, 0.6) is 0 Å². The summed E-state index contributed by atoms with van der Waals surface area (Å²) in [6.45, 7) is 7.59. The third kappa shape index (κ3) is 5.94. The van der Waals surface area contributed by atoms with E-state index in [1.54, 1.807) is 0 Å². The number of halogens is 1. The van der Waals surface area contributed by atoms with Crippen LogP contribution in [0.1, 0.15) is 51.0 Å². The first-order valence-corrected chi connectivity index (χ1v) is 8.51.